The zero-order chi connectivity index (χ0) is 12.5. The molecule has 0 bridgehead atoms. The topological polar surface area (TPSA) is 34.1 Å². The van der Waals surface area contributed by atoms with Gasteiger partial charge in [0.1, 0.15) is 0 Å². The van der Waals surface area contributed by atoms with Crippen molar-refractivity contribution in [2.75, 3.05) is 18.6 Å². The van der Waals surface area contributed by atoms with Gasteiger partial charge in [0, 0.05) is 24.8 Å². The van der Waals surface area contributed by atoms with E-state index < -0.39 is 0 Å². The Bertz CT molecular complexity index is 303. The molecular formula is C13H22N2OS. The van der Waals surface area contributed by atoms with Crippen molar-refractivity contribution in [2.45, 2.75) is 32.9 Å². The van der Waals surface area contributed by atoms with Gasteiger partial charge in [-0.05, 0) is 30.4 Å². The van der Waals surface area contributed by atoms with E-state index in [9.17, 15) is 0 Å². The minimum atomic E-state index is 0.552. The number of nitrogens with zero attached hydrogens (tertiary/aromatic N) is 1. The lowest BCUT2D eigenvalue weighted by atomic mass is 10.2. The van der Waals surface area contributed by atoms with E-state index in [0.29, 0.717) is 11.9 Å². The number of hydrogen-bond donors (Lipinski definition) is 1. The number of hydrogen-bond acceptors (Lipinski definition) is 4. The van der Waals surface area contributed by atoms with Crippen molar-refractivity contribution in [2.24, 2.45) is 0 Å². The van der Waals surface area contributed by atoms with Gasteiger partial charge in [0.25, 0.3) is 0 Å². The molecule has 1 rings (SSSR count). The average molecular weight is 254 g/mol. The van der Waals surface area contributed by atoms with Gasteiger partial charge in [-0.15, -0.1) is 0 Å². The fourth-order valence-electron chi connectivity index (χ4n) is 1.43. The van der Waals surface area contributed by atoms with E-state index >= 15 is 0 Å². The molecule has 0 saturated carbocycles. The summed E-state index contributed by atoms with van der Waals surface area (Å²) in [6.07, 6.45) is 3.07. The number of thioether (sulfide) groups is 1. The second-order valence-electron chi connectivity index (χ2n) is 3.98. The van der Waals surface area contributed by atoms with Crippen LogP contribution in [0.2, 0.25) is 0 Å². The van der Waals surface area contributed by atoms with Gasteiger partial charge < -0.3 is 10.1 Å². The van der Waals surface area contributed by atoms with Gasteiger partial charge in [-0.3, -0.25) is 0 Å². The summed E-state index contributed by atoms with van der Waals surface area (Å²) in [5.74, 6) is 3.10. The Balaban J connectivity index is 2.24. The fourth-order valence-corrected chi connectivity index (χ4v) is 2.24. The van der Waals surface area contributed by atoms with Crippen LogP contribution in [-0.2, 0) is 6.54 Å². The molecule has 0 saturated heterocycles. The maximum absolute atomic E-state index is 5.03. The number of nitrogens with one attached hydrogen (secondary N) is 1. The van der Waals surface area contributed by atoms with Crippen molar-refractivity contribution in [3.63, 3.8) is 0 Å². The largest absolute Gasteiger partial charge is 0.481 e. The first-order valence-corrected chi connectivity index (χ1v) is 7.21. The first-order valence-electron chi connectivity index (χ1n) is 6.06. The maximum atomic E-state index is 5.03. The smallest absolute Gasteiger partial charge is 0.212 e. The molecule has 0 spiro atoms. The average Bonchev–Trinajstić information content (AvgIpc) is 2.37. The Labute approximate surface area is 108 Å². The molecule has 1 atom stereocenters. The summed E-state index contributed by atoms with van der Waals surface area (Å²) in [7, 11) is 1.63. The predicted molar refractivity (Wildman–Crippen MR) is 74.7 cm³/mol. The molecule has 1 aromatic rings. The van der Waals surface area contributed by atoms with Gasteiger partial charge in [-0.1, -0.05) is 13.0 Å². The van der Waals surface area contributed by atoms with E-state index in [-0.39, 0.29) is 0 Å². The van der Waals surface area contributed by atoms with Crippen molar-refractivity contribution >= 4 is 11.8 Å². The summed E-state index contributed by atoms with van der Waals surface area (Å²) in [6, 6.07) is 4.50. The van der Waals surface area contributed by atoms with E-state index in [0.717, 1.165) is 6.54 Å². The molecule has 1 N–H and O–H groups in total. The van der Waals surface area contributed by atoms with Crippen LogP contribution in [0.4, 0.5) is 0 Å². The Hall–Kier alpha value is -0.740. The lowest BCUT2D eigenvalue weighted by Gasteiger charge is -2.13. The highest BCUT2D eigenvalue weighted by Gasteiger charge is 2.01. The van der Waals surface area contributed by atoms with E-state index in [1.807, 2.05) is 30.1 Å². The van der Waals surface area contributed by atoms with E-state index in [4.69, 9.17) is 4.74 Å². The Morgan fingerprint density at radius 1 is 1.47 bits per heavy atom. The number of pyridine rings is 1. The van der Waals surface area contributed by atoms with Crippen LogP contribution in [0.1, 0.15) is 25.8 Å². The molecule has 0 aliphatic heterocycles. The van der Waals surface area contributed by atoms with E-state index in [1.165, 1.54) is 23.5 Å². The van der Waals surface area contributed by atoms with Crippen molar-refractivity contribution in [3.8, 4) is 5.88 Å². The van der Waals surface area contributed by atoms with Crippen molar-refractivity contribution in [1.29, 1.82) is 0 Å². The molecule has 0 amide bonds. The quantitative estimate of drug-likeness (QED) is 0.723. The molecule has 4 heteroatoms. The predicted octanol–water partition coefficient (Wildman–Crippen LogP) is 2.71. The second-order valence-corrected chi connectivity index (χ2v) is 5.37. The summed E-state index contributed by atoms with van der Waals surface area (Å²) in [6.45, 7) is 5.30. The van der Waals surface area contributed by atoms with Crippen LogP contribution in [0.3, 0.4) is 0 Å². The molecule has 1 unspecified atom stereocenters. The standard InChI is InChI=1S/C13H22N2OS/c1-4-17-8-7-11(2)14-9-12-5-6-13(16-3)15-10-12/h5-6,10-11,14H,4,7-9H2,1-3H3. The van der Waals surface area contributed by atoms with Gasteiger partial charge in [-0.25, -0.2) is 4.98 Å². The monoisotopic (exact) mass is 254 g/mol. The first kappa shape index (κ1) is 14.3. The summed E-state index contributed by atoms with van der Waals surface area (Å²) in [5, 5.41) is 3.50. The first-order chi connectivity index (χ1) is 8.26. The summed E-state index contributed by atoms with van der Waals surface area (Å²) in [5.41, 5.74) is 1.20. The molecule has 3 nitrogen and oxygen atoms in total. The zero-order valence-corrected chi connectivity index (χ0v) is 11.7. The minimum Gasteiger partial charge on any atom is -0.481 e. The van der Waals surface area contributed by atoms with Gasteiger partial charge in [0.2, 0.25) is 5.88 Å². The zero-order valence-electron chi connectivity index (χ0n) is 10.9. The highest BCUT2D eigenvalue weighted by Crippen LogP contribution is 2.08. The molecule has 1 aromatic heterocycles. The number of aromatic nitrogens is 1. The van der Waals surface area contributed by atoms with Crippen LogP contribution in [0.15, 0.2) is 18.3 Å². The lowest BCUT2D eigenvalue weighted by Crippen LogP contribution is -2.26. The molecule has 0 radical (unpaired) electrons. The van der Waals surface area contributed by atoms with Crippen LogP contribution in [0.25, 0.3) is 0 Å². The molecule has 0 fully saturated rings. The van der Waals surface area contributed by atoms with Crippen LogP contribution in [0, 0.1) is 0 Å². The highest BCUT2D eigenvalue weighted by molar-refractivity contribution is 7.99. The van der Waals surface area contributed by atoms with Gasteiger partial charge in [0.05, 0.1) is 7.11 Å². The molecule has 96 valence electrons. The lowest BCUT2D eigenvalue weighted by molar-refractivity contribution is 0.397. The number of rotatable bonds is 8. The third-order valence-electron chi connectivity index (χ3n) is 2.56. The third kappa shape index (κ3) is 5.94. The Morgan fingerprint density at radius 3 is 2.88 bits per heavy atom. The van der Waals surface area contributed by atoms with E-state index in [1.54, 1.807) is 7.11 Å². The molecule has 0 aromatic carbocycles. The van der Waals surface area contributed by atoms with Crippen LogP contribution in [-0.4, -0.2) is 29.6 Å². The summed E-state index contributed by atoms with van der Waals surface area (Å²) < 4.78 is 5.03. The third-order valence-corrected chi connectivity index (χ3v) is 3.49. The van der Waals surface area contributed by atoms with E-state index in [2.05, 4.69) is 24.1 Å². The van der Waals surface area contributed by atoms with Gasteiger partial charge in [-0.2, -0.15) is 11.8 Å². The second kappa shape index (κ2) is 8.37. The Kier molecular flexibility index (Phi) is 7.05. The molecule has 0 aliphatic rings. The maximum Gasteiger partial charge on any atom is 0.212 e. The normalized spacial score (nSPS) is 12.4. The Morgan fingerprint density at radius 2 is 2.29 bits per heavy atom. The molecule has 0 aliphatic carbocycles. The van der Waals surface area contributed by atoms with Gasteiger partial charge >= 0.3 is 0 Å². The number of ether oxygens (including phenoxy) is 1. The molecule has 1 heterocycles. The van der Waals surface area contributed by atoms with Crippen LogP contribution >= 0.6 is 11.8 Å². The summed E-state index contributed by atoms with van der Waals surface area (Å²) >= 11 is 1.99. The van der Waals surface area contributed by atoms with Crippen LogP contribution < -0.4 is 10.1 Å². The van der Waals surface area contributed by atoms with Crippen molar-refractivity contribution < 1.29 is 4.74 Å². The fraction of sp³-hybridized carbons (Fsp3) is 0.615. The minimum absolute atomic E-state index is 0.552. The number of methoxy groups -OCH3 is 1. The van der Waals surface area contributed by atoms with Gasteiger partial charge in [0.15, 0.2) is 0 Å². The van der Waals surface area contributed by atoms with Crippen molar-refractivity contribution in [1.82, 2.24) is 10.3 Å². The summed E-state index contributed by atoms with van der Waals surface area (Å²) in [4.78, 5) is 4.18. The molecule has 17 heavy (non-hydrogen) atoms. The van der Waals surface area contributed by atoms with Crippen LogP contribution in [0.5, 0.6) is 5.88 Å². The SMILES string of the molecule is CCSCCC(C)NCc1ccc(OC)nc1. The highest BCUT2D eigenvalue weighted by atomic mass is 32.2. The molecular weight excluding hydrogens is 232 g/mol. The van der Waals surface area contributed by atoms with Crippen molar-refractivity contribution in [3.05, 3.63) is 23.9 Å².